The van der Waals surface area contributed by atoms with Gasteiger partial charge in [-0.25, -0.2) is 10.4 Å². The van der Waals surface area contributed by atoms with Crippen molar-refractivity contribution in [1.82, 2.24) is 10.4 Å². The summed E-state index contributed by atoms with van der Waals surface area (Å²) in [6, 6.07) is 27.4. The number of aromatic nitrogens is 1. The van der Waals surface area contributed by atoms with Crippen molar-refractivity contribution in [3.63, 3.8) is 0 Å². The first kappa shape index (κ1) is 18.6. The van der Waals surface area contributed by atoms with E-state index in [0.29, 0.717) is 5.56 Å². The molecule has 0 saturated carbocycles. The van der Waals surface area contributed by atoms with Gasteiger partial charge in [-0.05, 0) is 31.5 Å². The molecule has 4 rings (SSSR count). The summed E-state index contributed by atoms with van der Waals surface area (Å²) in [6.07, 6.45) is 0. The summed E-state index contributed by atoms with van der Waals surface area (Å²) >= 11 is 0. The Hall–Kier alpha value is -3.79. The van der Waals surface area contributed by atoms with Crippen LogP contribution in [0.3, 0.4) is 0 Å². The van der Waals surface area contributed by atoms with Gasteiger partial charge in [0.15, 0.2) is 0 Å². The molecule has 3 aromatic carbocycles. The topological polar surface area (TPSA) is 54.4 Å². The van der Waals surface area contributed by atoms with Gasteiger partial charge < -0.3 is 0 Å². The molecular weight excluding hydrogens is 358 g/mol. The fraction of sp³-hybridized carbons (Fsp3) is 0.0800. The summed E-state index contributed by atoms with van der Waals surface area (Å²) < 4.78 is 0. The standard InChI is InChI=1S/C25H21N3O/c1-17-12-14-20(15-13-17)24-16-22(21-10-6-7-11-23(21)26-24)25(29)28-27-18(2)19-8-4-3-5-9-19/h3-16H,1-2H3,(H,28,29)/b27-18-. The Morgan fingerprint density at radius 2 is 1.59 bits per heavy atom. The van der Waals surface area contributed by atoms with Gasteiger partial charge in [-0.1, -0.05) is 78.4 Å². The zero-order valence-corrected chi connectivity index (χ0v) is 16.4. The van der Waals surface area contributed by atoms with Crippen LogP contribution in [0.15, 0.2) is 90.0 Å². The van der Waals surface area contributed by atoms with Gasteiger partial charge in [0.25, 0.3) is 5.91 Å². The third-order valence-corrected chi connectivity index (χ3v) is 4.82. The van der Waals surface area contributed by atoms with Gasteiger partial charge in [0.1, 0.15) is 0 Å². The molecule has 4 heteroatoms. The number of rotatable bonds is 4. The maximum atomic E-state index is 13.0. The van der Waals surface area contributed by atoms with Crippen molar-refractivity contribution in [2.45, 2.75) is 13.8 Å². The summed E-state index contributed by atoms with van der Waals surface area (Å²) in [7, 11) is 0. The normalized spacial score (nSPS) is 11.4. The molecule has 0 aliphatic heterocycles. The molecule has 0 radical (unpaired) electrons. The Balaban J connectivity index is 1.72. The van der Waals surface area contributed by atoms with Crippen LogP contribution in [0.25, 0.3) is 22.2 Å². The number of amides is 1. The van der Waals surface area contributed by atoms with Crippen molar-refractivity contribution in [3.05, 3.63) is 102 Å². The van der Waals surface area contributed by atoms with E-state index in [9.17, 15) is 4.79 Å². The van der Waals surface area contributed by atoms with E-state index in [2.05, 4.69) is 10.5 Å². The molecule has 0 fully saturated rings. The van der Waals surface area contributed by atoms with E-state index in [1.807, 2.05) is 98.8 Å². The van der Waals surface area contributed by atoms with Crippen molar-refractivity contribution in [2.24, 2.45) is 5.10 Å². The molecule has 0 saturated heterocycles. The molecule has 0 aliphatic rings. The molecule has 0 spiro atoms. The number of fused-ring (bicyclic) bond motifs is 1. The van der Waals surface area contributed by atoms with E-state index in [-0.39, 0.29) is 5.91 Å². The molecule has 0 bridgehead atoms. The largest absolute Gasteiger partial charge is 0.272 e. The summed E-state index contributed by atoms with van der Waals surface area (Å²) in [4.78, 5) is 17.7. The third kappa shape index (κ3) is 4.06. The van der Waals surface area contributed by atoms with Crippen LogP contribution >= 0.6 is 0 Å². The Labute approximate surface area is 169 Å². The van der Waals surface area contributed by atoms with Crippen LogP contribution in [0.5, 0.6) is 0 Å². The van der Waals surface area contributed by atoms with Gasteiger partial charge in [0.05, 0.1) is 22.5 Å². The molecule has 0 unspecified atom stereocenters. The highest BCUT2D eigenvalue weighted by Crippen LogP contribution is 2.25. The number of hydrogen-bond acceptors (Lipinski definition) is 3. The SMILES string of the molecule is C/C(=N/NC(=O)c1cc(-c2ccc(C)cc2)nc2ccccc12)c1ccccc1. The van der Waals surface area contributed by atoms with E-state index in [1.165, 1.54) is 5.56 Å². The van der Waals surface area contributed by atoms with Gasteiger partial charge in [-0.3, -0.25) is 4.79 Å². The maximum absolute atomic E-state index is 13.0. The van der Waals surface area contributed by atoms with E-state index < -0.39 is 0 Å². The fourth-order valence-electron chi connectivity index (χ4n) is 3.17. The summed E-state index contributed by atoms with van der Waals surface area (Å²) in [5.41, 5.74) is 8.65. The minimum Gasteiger partial charge on any atom is -0.267 e. The first-order valence-corrected chi connectivity index (χ1v) is 9.49. The number of carbonyl (C=O) groups is 1. The predicted octanol–water partition coefficient (Wildman–Crippen LogP) is 5.36. The van der Waals surface area contributed by atoms with Gasteiger partial charge in [0.2, 0.25) is 0 Å². The summed E-state index contributed by atoms with van der Waals surface area (Å²) in [6.45, 7) is 3.92. The molecule has 4 aromatic rings. The molecule has 0 atom stereocenters. The third-order valence-electron chi connectivity index (χ3n) is 4.82. The number of carbonyl (C=O) groups excluding carboxylic acids is 1. The molecule has 1 aromatic heterocycles. The number of pyridine rings is 1. The zero-order valence-electron chi connectivity index (χ0n) is 16.4. The summed E-state index contributed by atoms with van der Waals surface area (Å²) in [5, 5.41) is 5.09. The number of benzene rings is 3. The van der Waals surface area contributed by atoms with Crippen molar-refractivity contribution in [2.75, 3.05) is 0 Å². The molecule has 1 heterocycles. The van der Waals surface area contributed by atoms with E-state index >= 15 is 0 Å². The Morgan fingerprint density at radius 1 is 0.897 bits per heavy atom. The molecule has 142 valence electrons. The van der Waals surface area contributed by atoms with E-state index in [4.69, 9.17) is 4.98 Å². The van der Waals surface area contributed by atoms with Gasteiger partial charge >= 0.3 is 0 Å². The second-order valence-corrected chi connectivity index (χ2v) is 6.94. The average Bonchev–Trinajstić information content (AvgIpc) is 2.77. The van der Waals surface area contributed by atoms with E-state index in [1.54, 1.807) is 0 Å². The highest BCUT2D eigenvalue weighted by atomic mass is 16.2. The van der Waals surface area contributed by atoms with Crippen molar-refractivity contribution in [1.29, 1.82) is 0 Å². The molecular formula is C25H21N3O. The van der Waals surface area contributed by atoms with Gasteiger partial charge in [-0.2, -0.15) is 5.10 Å². The summed E-state index contributed by atoms with van der Waals surface area (Å²) in [5.74, 6) is -0.257. The van der Waals surface area contributed by atoms with Crippen LogP contribution in [0.1, 0.15) is 28.4 Å². The minimum atomic E-state index is -0.257. The zero-order chi connectivity index (χ0) is 20.2. The predicted molar refractivity (Wildman–Crippen MR) is 118 cm³/mol. The fourth-order valence-corrected chi connectivity index (χ4v) is 3.17. The lowest BCUT2D eigenvalue weighted by molar-refractivity contribution is 0.0956. The monoisotopic (exact) mass is 379 g/mol. The lowest BCUT2D eigenvalue weighted by Crippen LogP contribution is -2.20. The smallest absolute Gasteiger partial charge is 0.267 e. The Bertz CT molecular complexity index is 1200. The number of nitrogens with zero attached hydrogens (tertiary/aromatic N) is 2. The minimum absolute atomic E-state index is 0.257. The van der Waals surface area contributed by atoms with Crippen LogP contribution in [0, 0.1) is 6.92 Å². The van der Waals surface area contributed by atoms with Crippen LogP contribution in [0.2, 0.25) is 0 Å². The van der Waals surface area contributed by atoms with Gasteiger partial charge in [-0.15, -0.1) is 0 Å². The Kier molecular flexibility index (Phi) is 5.16. The number of aryl methyl sites for hydroxylation is 1. The second kappa shape index (κ2) is 8.07. The molecule has 4 nitrogen and oxygen atoms in total. The number of hydrogen-bond donors (Lipinski definition) is 1. The highest BCUT2D eigenvalue weighted by Gasteiger charge is 2.14. The Morgan fingerprint density at radius 3 is 2.34 bits per heavy atom. The lowest BCUT2D eigenvalue weighted by Gasteiger charge is -2.10. The number of para-hydroxylation sites is 1. The first-order valence-electron chi connectivity index (χ1n) is 9.49. The lowest BCUT2D eigenvalue weighted by atomic mass is 10.0. The second-order valence-electron chi connectivity index (χ2n) is 6.94. The molecule has 29 heavy (non-hydrogen) atoms. The van der Waals surface area contributed by atoms with Gasteiger partial charge in [0, 0.05) is 10.9 Å². The molecule has 1 N–H and O–H groups in total. The maximum Gasteiger partial charge on any atom is 0.272 e. The van der Waals surface area contributed by atoms with Crippen molar-refractivity contribution >= 4 is 22.5 Å². The van der Waals surface area contributed by atoms with Crippen molar-refractivity contribution < 1.29 is 4.79 Å². The van der Waals surface area contributed by atoms with Crippen LogP contribution < -0.4 is 5.43 Å². The highest BCUT2D eigenvalue weighted by molar-refractivity contribution is 6.08. The quantitative estimate of drug-likeness (QED) is 0.383. The van der Waals surface area contributed by atoms with Crippen LogP contribution in [-0.4, -0.2) is 16.6 Å². The first-order chi connectivity index (χ1) is 14.1. The van der Waals surface area contributed by atoms with Crippen LogP contribution in [0.4, 0.5) is 0 Å². The van der Waals surface area contributed by atoms with Crippen molar-refractivity contribution in [3.8, 4) is 11.3 Å². The number of hydrazone groups is 1. The van der Waals surface area contributed by atoms with E-state index in [0.717, 1.165) is 33.4 Å². The molecule has 0 aliphatic carbocycles. The molecule has 1 amide bonds. The number of nitrogens with one attached hydrogen (secondary N) is 1. The van der Waals surface area contributed by atoms with Crippen LogP contribution in [-0.2, 0) is 0 Å². The average molecular weight is 379 g/mol.